The van der Waals surface area contributed by atoms with Gasteiger partial charge < -0.3 is 15.0 Å². The van der Waals surface area contributed by atoms with Gasteiger partial charge in [0.15, 0.2) is 0 Å². The first-order valence-corrected chi connectivity index (χ1v) is 8.15. The molecule has 0 spiro atoms. The van der Waals surface area contributed by atoms with E-state index < -0.39 is 0 Å². The summed E-state index contributed by atoms with van der Waals surface area (Å²) in [5.41, 5.74) is 1.32. The Kier molecular flexibility index (Phi) is 5.65. The van der Waals surface area contributed by atoms with E-state index in [1.807, 2.05) is 0 Å². The molecule has 1 aliphatic heterocycles. The number of nitrogens with one attached hydrogen (secondary N) is 1. The molecular weight excluding hydrogens is 260 g/mol. The highest BCUT2D eigenvalue weighted by Gasteiger charge is 2.28. The molecule has 0 aliphatic carbocycles. The highest BCUT2D eigenvalue weighted by molar-refractivity contribution is 5.27. The Morgan fingerprint density at radius 2 is 1.90 bits per heavy atom. The van der Waals surface area contributed by atoms with Gasteiger partial charge in [0.05, 0.1) is 6.10 Å². The molecule has 0 aromatic heterocycles. The van der Waals surface area contributed by atoms with Crippen LogP contribution >= 0.6 is 0 Å². The zero-order valence-corrected chi connectivity index (χ0v) is 14.1. The molecule has 3 heteroatoms. The monoisotopic (exact) mass is 290 g/mol. The van der Waals surface area contributed by atoms with Crippen molar-refractivity contribution in [2.75, 3.05) is 13.6 Å². The Labute approximate surface area is 129 Å². The van der Waals surface area contributed by atoms with Crippen molar-refractivity contribution < 1.29 is 4.74 Å². The predicted octanol–water partition coefficient (Wildman–Crippen LogP) is 3.29. The summed E-state index contributed by atoms with van der Waals surface area (Å²) in [5.74, 6) is 1.66. The van der Waals surface area contributed by atoms with Gasteiger partial charge in [-0.15, -0.1) is 0 Å². The lowest BCUT2D eigenvalue weighted by Gasteiger charge is -2.40. The van der Waals surface area contributed by atoms with Gasteiger partial charge in [-0.25, -0.2) is 0 Å². The topological polar surface area (TPSA) is 24.5 Å². The van der Waals surface area contributed by atoms with E-state index >= 15 is 0 Å². The largest absolute Gasteiger partial charge is 0.491 e. The Balaban J connectivity index is 1.85. The predicted molar refractivity (Wildman–Crippen MR) is 88.7 cm³/mol. The average Bonchev–Trinajstić information content (AvgIpc) is 2.42. The molecule has 0 amide bonds. The number of benzene rings is 1. The van der Waals surface area contributed by atoms with Crippen LogP contribution in [0.4, 0.5) is 0 Å². The van der Waals surface area contributed by atoms with E-state index in [1.54, 1.807) is 0 Å². The van der Waals surface area contributed by atoms with Crippen molar-refractivity contribution >= 4 is 0 Å². The second kappa shape index (κ2) is 7.28. The van der Waals surface area contributed by atoms with Gasteiger partial charge in [0.25, 0.3) is 0 Å². The van der Waals surface area contributed by atoms with E-state index in [4.69, 9.17) is 4.74 Å². The second-order valence-corrected chi connectivity index (χ2v) is 6.80. The van der Waals surface area contributed by atoms with E-state index in [9.17, 15) is 0 Å². The maximum atomic E-state index is 5.68. The summed E-state index contributed by atoms with van der Waals surface area (Å²) in [4.78, 5) is 2.46. The minimum atomic E-state index is 0.232. The summed E-state index contributed by atoms with van der Waals surface area (Å²) in [7, 11) is 2.23. The first kappa shape index (κ1) is 16.3. The number of hydrogen-bond donors (Lipinski definition) is 1. The number of likely N-dealkylation sites (tertiary alicyclic amines) is 1. The molecule has 1 aromatic rings. The van der Waals surface area contributed by atoms with E-state index in [0.29, 0.717) is 18.0 Å². The molecular formula is C18H30N2O. The van der Waals surface area contributed by atoms with E-state index in [-0.39, 0.29) is 6.10 Å². The molecule has 118 valence electrons. The highest BCUT2D eigenvalue weighted by atomic mass is 16.5. The minimum Gasteiger partial charge on any atom is -0.491 e. The number of ether oxygens (including phenoxy) is 1. The lowest BCUT2D eigenvalue weighted by Crippen LogP contribution is -2.50. The molecule has 0 unspecified atom stereocenters. The number of rotatable bonds is 5. The van der Waals surface area contributed by atoms with Crippen LogP contribution in [0.15, 0.2) is 24.3 Å². The van der Waals surface area contributed by atoms with Crippen LogP contribution in [-0.4, -0.2) is 36.7 Å². The average molecular weight is 290 g/mol. The zero-order chi connectivity index (χ0) is 15.4. The van der Waals surface area contributed by atoms with Crippen molar-refractivity contribution in [2.45, 2.75) is 58.8 Å². The third-order valence-corrected chi connectivity index (χ3v) is 4.47. The Bertz CT molecular complexity index is 429. The molecule has 1 saturated heterocycles. The van der Waals surface area contributed by atoms with Crippen LogP contribution in [0.25, 0.3) is 0 Å². The molecule has 1 aliphatic rings. The van der Waals surface area contributed by atoms with Crippen LogP contribution in [0, 0.1) is 5.92 Å². The van der Waals surface area contributed by atoms with Gasteiger partial charge in [-0.1, -0.05) is 19.1 Å². The van der Waals surface area contributed by atoms with Crippen molar-refractivity contribution in [1.29, 1.82) is 0 Å². The van der Waals surface area contributed by atoms with Gasteiger partial charge in [0.2, 0.25) is 0 Å². The first-order chi connectivity index (χ1) is 9.95. The van der Waals surface area contributed by atoms with Crippen molar-refractivity contribution in [2.24, 2.45) is 5.92 Å². The Morgan fingerprint density at radius 3 is 2.52 bits per heavy atom. The van der Waals surface area contributed by atoms with Crippen molar-refractivity contribution in [3.05, 3.63) is 29.8 Å². The van der Waals surface area contributed by atoms with Crippen LogP contribution in [-0.2, 0) is 6.54 Å². The van der Waals surface area contributed by atoms with Crippen LogP contribution in [0.3, 0.4) is 0 Å². The summed E-state index contributed by atoms with van der Waals surface area (Å²) in [6, 6.07) is 9.74. The van der Waals surface area contributed by atoms with Crippen LogP contribution in [0.2, 0.25) is 0 Å². The summed E-state index contributed by atoms with van der Waals surface area (Å²) in [6.45, 7) is 10.9. The Hall–Kier alpha value is -1.06. The molecule has 2 rings (SSSR count). The fraction of sp³-hybridized carbons (Fsp3) is 0.667. The maximum absolute atomic E-state index is 5.68. The first-order valence-electron chi connectivity index (χ1n) is 8.15. The fourth-order valence-electron chi connectivity index (χ4n) is 3.03. The smallest absolute Gasteiger partial charge is 0.119 e. The highest BCUT2D eigenvalue weighted by Crippen LogP contribution is 2.21. The molecule has 1 heterocycles. The van der Waals surface area contributed by atoms with Gasteiger partial charge in [-0.3, -0.25) is 0 Å². The van der Waals surface area contributed by atoms with Gasteiger partial charge in [-0.2, -0.15) is 0 Å². The number of hydrogen-bond acceptors (Lipinski definition) is 3. The summed E-state index contributed by atoms with van der Waals surface area (Å²) >= 11 is 0. The van der Waals surface area contributed by atoms with E-state index in [2.05, 4.69) is 69.2 Å². The molecule has 1 aromatic carbocycles. The van der Waals surface area contributed by atoms with Crippen LogP contribution in [0.5, 0.6) is 5.75 Å². The molecule has 1 N–H and O–H groups in total. The number of piperidine rings is 1. The molecule has 0 radical (unpaired) electrons. The fourth-order valence-corrected chi connectivity index (χ4v) is 3.03. The van der Waals surface area contributed by atoms with Crippen molar-refractivity contribution in [3.63, 3.8) is 0 Å². The van der Waals surface area contributed by atoms with Crippen molar-refractivity contribution in [1.82, 2.24) is 10.2 Å². The molecule has 0 saturated carbocycles. The van der Waals surface area contributed by atoms with Gasteiger partial charge >= 0.3 is 0 Å². The normalized spacial score (nSPS) is 27.0. The molecule has 1 fully saturated rings. The quantitative estimate of drug-likeness (QED) is 0.900. The van der Waals surface area contributed by atoms with Gasteiger partial charge in [0, 0.05) is 25.2 Å². The second-order valence-electron chi connectivity index (χ2n) is 6.80. The summed E-state index contributed by atoms with van der Waals surface area (Å²) < 4.78 is 5.68. The molecule has 3 atom stereocenters. The van der Waals surface area contributed by atoms with Crippen LogP contribution in [0.1, 0.15) is 39.7 Å². The minimum absolute atomic E-state index is 0.232. The van der Waals surface area contributed by atoms with Gasteiger partial charge in [0.1, 0.15) is 5.75 Å². The van der Waals surface area contributed by atoms with E-state index in [1.165, 1.54) is 18.5 Å². The SMILES string of the molecule is CC(C)Oc1ccc(CN[C@@H]2C[C@H](C)N(C)C[C@H]2C)cc1. The summed E-state index contributed by atoms with van der Waals surface area (Å²) in [5, 5.41) is 3.73. The number of nitrogens with zero attached hydrogens (tertiary/aromatic N) is 1. The lowest BCUT2D eigenvalue weighted by molar-refractivity contribution is 0.121. The molecule has 0 bridgehead atoms. The Morgan fingerprint density at radius 1 is 1.24 bits per heavy atom. The van der Waals surface area contributed by atoms with Gasteiger partial charge in [-0.05, 0) is 57.9 Å². The summed E-state index contributed by atoms with van der Waals surface area (Å²) in [6.07, 6.45) is 1.46. The van der Waals surface area contributed by atoms with Crippen molar-refractivity contribution in [3.8, 4) is 5.75 Å². The van der Waals surface area contributed by atoms with Crippen LogP contribution < -0.4 is 10.1 Å². The lowest BCUT2D eigenvalue weighted by atomic mass is 9.90. The molecule has 3 nitrogen and oxygen atoms in total. The third-order valence-electron chi connectivity index (χ3n) is 4.47. The van der Waals surface area contributed by atoms with E-state index in [0.717, 1.165) is 12.3 Å². The third kappa shape index (κ3) is 4.72. The zero-order valence-electron chi connectivity index (χ0n) is 14.1. The molecule has 21 heavy (non-hydrogen) atoms. The standard InChI is InChI=1S/C18H30N2O/c1-13(2)21-17-8-6-16(7-9-17)11-19-18-10-15(4)20(5)12-14(18)3/h6-9,13-15,18-19H,10-12H2,1-5H3/t14-,15+,18-/m1/s1. The maximum Gasteiger partial charge on any atom is 0.119 e.